The van der Waals surface area contributed by atoms with Crippen LogP contribution in [-0.2, 0) is 22.4 Å². The molecule has 3 rings (SSSR count). The number of amides is 2. The number of nitrogens with one attached hydrogen (secondary N) is 1. The maximum absolute atomic E-state index is 12.2. The number of nitrogens with zero attached hydrogens (tertiary/aromatic N) is 1. The third kappa shape index (κ3) is 4.45. The first-order chi connectivity index (χ1) is 12.7. The summed E-state index contributed by atoms with van der Waals surface area (Å²) in [5, 5.41) is 2.45. The standard InChI is InChI=1S/C22H24N2O2/c1-2-3-5-8-16-11-13-18(14-12-16)20-22(26)24-21(25)19(23-20)15-17-9-6-4-7-10-17/h4,6-7,9-14,19H,2-3,5,8,15H2,1H3,(H,24,25,26). The van der Waals surface area contributed by atoms with E-state index in [1.807, 2.05) is 54.6 Å². The summed E-state index contributed by atoms with van der Waals surface area (Å²) >= 11 is 0. The molecule has 26 heavy (non-hydrogen) atoms. The number of carbonyl (C=O) groups is 2. The molecule has 0 saturated carbocycles. The maximum atomic E-state index is 12.2. The second-order valence-electron chi connectivity index (χ2n) is 6.66. The predicted molar refractivity (Wildman–Crippen MR) is 103 cm³/mol. The molecule has 4 heteroatoms. The topological polar surface area (TPSA) is 58.5 Å². The molecular formula is C22H24N2O2. The van der Waals surface area contributed by atoms with Gasteiger partial charge >= 0.3 is 0 Å². The summed E-state index contributed by atoms with van der Waals surface area (Å²) in [6, 6.07) is 17.1. The highest BCUT2D eigenvalue weighted by atomic mass is 16.2. The zero-order valence-corrected chi connectivity index (χ0v) is 15.1. The summed E-state index contributed by atoms with van der Waals surface area (Å²) < 4.78 is 0. The molecule has 0 aliphatic carbocycles. The van der Waals surface area contributed by atoms with Gasteiger partial charge in [-0.25, -0.2) is 0 Å². The number of hydrogen-bond acceptors (Lipinski definition) is 3. The Kier molecular flexibility index (Phi) is 5.95. The Labute approximate surface area is 154 Å². The van der Waals surface area contributed by atoms with Crippen LogP contribution in [0.3, 0.4) is 0 Å². The molecule has 0 aromatic heterocycles. The molecule has 2 aromatic carbocycles. The molecule has 0 bridgehead atoms. The highest BCUT2D eigenvalue weighted by molar-refractivity contribution is 6.48. The number of imide groups is 1. The van der Waals surface area contributed by atoms with Gasteiger partial charge in [-0.3, -0.25) is 19.9 Å². The minimum Gasteiger partial charge on any atom is -0.289 e. The van der Waals surface area contributed by atoms with Crippen LogP contribution in [-0.4, -0.2) is 23.6 Å². The number of unbranched alkanes of at least 4 members (excludes halogenated alkanes) is 2. The molecule has 134 valence electrons. The van der Waals surface area contributed by atoms with Crippen LogP contribution in [0.5, 0.6) is 0 Å². The Morgan fingerprint density at radius 3 is 2.35 bits per heavy atom. The van der Waals surface area contributed by atoms with E-state index in [9.17, 15) is 9.59 Å². The fourth-order valence-electron chi connectivity index (χ4n) is 3.12. The summed E-state index contributed by atoms with van der Waals surface area (Å²) in [5.41, 5.74) is 3.38. The first-order valence-corrected chi connectivity index (χ1v) is 9.23. The van der Waals surface area contributed by atoms with Gasteiger partial charge in [0.05, 0.1) is 0 Å². The van der Waals surface area contributed by atoms with Crippen LogP contribution in [0.4, 0.5) is 0 Å². The Morgan fingerprint density at radius 1 is 0.923 bits per heavy atom. The highest BCUT2D eigenvalue weighted by Crippen LogP contribution is 2.15. The molecule has 1 aliphatic heterocycles. The molecule has 2 amide bonds. The van der Waals surface area contributed by atoms with Gasteiger partial charge in [0, 0.05) is 12.0 Å². The number of aryl methyl sites for hydroxylation is 1. The summed E-state index contributed by atoms with van der Waals surface area (Å²) in [6.45, 7) is 2.19. The van der Waals surface area contributed by atoms with Gasteiger partial charge in [-0.15, -0.1) is 0 Å². The lowest BCUT2D eigenvalue weighted by Crippen LogP contribution is -2.47. The van der Waals surface area contributed by atoms with Crippen LogP contribution in [0.25, 0.3) is 0 Å². The molecule has 1 atom stereocenters. The van der Waals surface area contributed by atoms with Gasteiger partial charge in [0.1, 0.15) is 11.8 Å². The van der Waals surface area contributed by atoms with E-state index in [0.29, 0.717) is 12.1 Å². The van der Waals surface area contributed by atoms with Crippen molar-refractivity contribution in [2.75, 3.05) is 0 Å². The van der Waals surface area contributed by atoms with Crippen molar-refractivity contribution in [2.24, 2.45) is 4.99 Å². The fourth-order valence-corrected chi connectivity index (χ4v) is 3.12. The SMILES string of the molecule is CCCCCc1ccc(C2=NC(Cc3ccccc3)C(=O)NC2=O)cc1. The molecule has 0 fully saturated rings. The molecule has 1 heterocycles. The van der Waals surface area contributed by atoms with E-state index in [4.69, 9.17) is 0 Å². The predicted octanol–water partition coefficient (Wildman–Crippen LogP) is 3.48. The molecule has 2 aromatic rings. The summed E-state index contributed by atoms with van der Waals surface area (Å²) in [4.78, 5) is 28.9. The first kappa shape index (κ1) is 18.1. The van der Waals surface area contributed by atoms with Crippen molar-refractivity contribution in [2.45, 2.75) is 45.1 Å². The van der Waals surface area contributed by atoms with Crippen molar-refractivity contribution >= 4 is 17.5 Å². The Bertz CT molecular complexity index is 795. The van der Waals surface area contributed by atoms with Gasteiger partial charge in [-0.2, -0.15) is 0 Å². The molecule has 1 aliphatic rings. The van der Waals surface area contributed by atoms with Gasteiger partial charge in [0.15, 0.2) is 0 Å². The average Bonchev–Trinajstić information content (AvgIpc) is 2.66. The van der Waals surface area contributed by atoms with Crippen molar-refractivity contribution in [3.8, 4) is 0 Å². The van der Waals surface area contributed by atoms with Crippen LogP contribution >= 0.6 is 0 Å². The van der Waals surface area contributed by atoms with Gasteiger partial charge in [-0.1, -0.05) is 74.4 Å². The van der Waals surface area contributed by atoms with Crippen LogP contribution in [0.2, 0.25) is 0 Å². The van der Waals surface area contributed by atoms with Gasteiger partial charge in [0.25, 0.3) is 11.8 Å². The molecule has 1 N–H and O–H groups in total. The molecular weight excluding hydrogens is 324 g/mol. The molecule has 0 spiro atoms. The van der Waals surface area contributed by atoms with E-state index >= 15 is 0 Å². The number of benzene rings is 2. The van der Waals surface area contributed by atoms with E-state index in [1.165, 1.54) is 24.8 Å². The van der Waals surface area contributed by atoms with Gasteiger partial charge in [0.2, 0.25) is 0 Å². The van der Waals surface area contributed by atoms with E-state index < -0.39 is 11.9 Å². The quantitative estimate of drug-likeness (QED) is 0.615. The zero-order valence-electron chi connectivity index (χ0n) is 15.1. The third-order valence-corrected chi connectivity index (χ3v) is 4.61. The number of rotatable bonds is 7. The lowest BCUT2D eigenvalue weighted by atomic mass is 10.00. The maximum Gasteiger partial charge on any atom is 0.276 e. The normalized spacial score (nSPS) is 17.0. The minimum atomic E-state index is -0.575. The Morgan fingerprint density at radius 2 is 1.65 bits per heavy atom. The van der Waals surface area contributed by atoms with Crippen molar-refractivity contribution in [3.63, 3.8) is 0 Å². The van der Waals surface area contributed by atoms with Crippen LogP contribution in [0, 0.1) is 0 Å². The second kappa shape index (κ2) is 8.56. The van der Waals surface area contributed by atoms with E-state index in [1.54, 1.807) is 0 Å². The smallest absolute Gasteiger partial charge is 0.276 e. The van der Waals surface area contributed by atoms with Crippen molar-refractivity contribution in [1.29, 1.82) is 0 Å². The second-order valence-corrected chi connectivity index (χ2v) is 6.66. The van der Waals surface area contributed by atoms with Gasteiger partial charge < -0.3 is 0 Å². The lowest BCUT2D eigenvalue weighted by molar-refractivity contribution is -0.128. The molecule has 1 unspecified atom stereocenters. The molecule has 0 saturated heterocycles. The monoisotopic (exact) mass is 348 g/mol. The lowest BCUT2D eigenvalue weighted by Gasteiger charge is -2.20. The number of aliphatic imine (C=N–C) groups is 1. The third-order valence-electron chi connectivity index (χ3n) is 4.61. The van der Waals surface area contributed by atoms with E-state index in [0.717, 1.165) is 17.5 Å². The van der Waals surface area contributed by atoms with Crippen molar-refractivity contribution in [3.05, 3.63) is 71.3 Å². The molecule has 0 radical (unpaired) electrons. The van der Waals surface area contributed by atoms with E-state index in [2.05, 4.69) is 17.2 Å². The summed E-state index contributed by atoms with van der Waals surface area (Å²) in [7, 11) is 0. The van der Waals surface area contributed by atoms with Crippen molar-refractivity contribution < 1.29 is 9.59 Å². The van der Waals surface area contributed by atoms with Gasteiger partial charge in [-0.05, 0) is 24.0 Å². The average molecular weight is 348 g/mol. The van der Waals surface area contributed by atoms with Crippen molar-refractivity contribution in [1.82, 2.24) is 5.32 Å². The summed E-state index contributed by atoms with van der Waals surface area (Å²) in [5.74, 6) is -0.753. The Balaban J connectivity index is 1.77. The van der Waals surface area contributed by atoms with E-state index in [-0.39, 0.29) is 5.91 Å². The first-order valence-electron chi connectivity index (χ1n) is 9.23. The van der Waals surface area contributed by atoms with Crippen LogP contribution in [0.1, 0.15) is 42.9 Å². The number of hydrogen-bond donors (Lipinski definition) is 1. The largest absolute Gasteiger partial charge is 0.289 e. The number of carbonyl (C=O) groups excluding carboxylic acids is 2. The fraction of sp³-hybridized carbons (Fsp3) is 0.318. The summed E-state index contributed by atoms with van der Waals surface area (Å²) in [6.07, 6.45) is 5.12. The minimum absolute atomic E-state index is 0.334. The molecule has 4 nitrogen and oxygen atoms in total. The van der Waals surface area contributed by atoms with Crippen LogP contribution in [0.15, 0.2) is 59.6 Å². The highest BCUT2D eigenvalue weighted by Gasteiger charge is 2.29. The Hall–Kier alpha value is -2.75. The van der Waals surface area contributed by atoms with Crippen LogP contribution < -0.4 is 5.32 Å². The zero-order chi connectivity index (χ0) is 18.4.